The Hall–Kier alpha value is -5.73. The Morgan fingerprint density at radius 3 is 2.22 bits per heavy atom. The Morgan fingerprint density at radius 1 is 0.848 bits per heavy atom. The van der Waals surface area contributed by atoms with Gasteiger partial charge in [-0.2, -0.15) is 13.2 Å². The molecule has 0 saturated heterocycles. The number of nitrogens with one attached hydrogen (secondary N) is 1. The number of aromatic nitrogens is 3. The van der Waals surface area contributed by atoms with Gasteiger partial charge >= 0.3 is 6.18 Å². The molecule has 5 rings (SSSR count). The highest BCUT2D eigenvalue weighted by Crippen LogP contribution is 2.38. The Kier molecular flexibility index (Phi) is 8.50. The minimum Gasteiger partial charge on any atom is -0.493 e. The van der Waals surface area contributed by atoms with E-state index in [0.29, 0.717) is 46.7 Å². The van der Waals surface area contributed by atoms with E-state index >= 15 is 8.78 Å². The van der Waals surface area contributed by atoms with Crippen LogP contribution in [0.15, 0.2) is 65.7 Å². The van der Waals surface area contributed by atoms with E-state index in [1.165, 1.54) is 46.6 Å². The van der Waals surface area contributed by atoms with Crippen molar-refractivity contribution in [3.63, 3.8) is 0 Å². The number of fused-ring (bicyclic) bond motifs is 1. The summed E-state index contributed by atoms with van der Waals surface area (Å²) in [6.45, 7) is 1.42. The van der Waals surface area contributed by atoms with Crippen LogP contribution in [-0.4, -0.2) is 41.8 Å². The van der Waals surface area contributed by atoms with Gasteiger partial charge in [0.2, 0.25) is 5.88 Å². The molecule has 0 atom stereocenters. The second kappa shape index (κ2) is 12.3. The first-order valence-corrected chi connectivity index (χ1v) is 13.2. The number of carbonyl (C=O) groups excluding carboxylic acids is 1. The van der Waals surface area contributed by atoms with E-state index in [1.807, 2.05) is 5.32 Å². The minimum absolute atomic E-state index is 0.0822. The molecule has 238 valence electrons. The SMILES string of the molecule is COc1cc(C)c(-n2c(C(F)(F)F)ccc(C(=O)Nc3cc(F)c(Oc4ccnc5cc(OC)c(OC)cc45)cc3F)c2=O)cn1. The summed E-state index contributed by atoms with van der Waals surface area (Å²) in [5.41, 5.74) is -3.93. The maximum atomic E-state index is 15.2. The van der Waals surface area contributed by atoms with Gasteiger partial charge in [0, 0.05) is 35.8 Å². The van der Waals surface area contributed by atoms with E-state index in [0.717, 1.165) is 6.20 Å². The van der Waals surface area contributed by atoms with Crippen molar-refractivity contribution in [2.75, 3.05) is 26.6 Å². The number of halogens is 5. The average Bonchev–Trinajstić information content (AvgIpc) is 3.02. The summed E-state index contributed by atoms with van der Waals surface area (Å²) in [6.07, 6.45) is -2.63. The third kappa shape index (κ3) is 5.98. The molecular weight excluding hydrogens is 619 g/mol. The number of benzene rings is 2. The molecule has 0 fully saturated rings. The van der Waals surface area contributed by atoms with Crippen LogP contribution in [0.2, 0.25) is 0 Å². The van der Waals surface area contributed by atoms with Gasteiger partial charge in [0.05, 0.1) is 44.4 Å². The highest BCUT2D eigenvalue weighted by Gasteiger charge is 2.36. The predicted molar refractivity (Wildman–Crippen MR) is 155 cm³/mol. The smallest absolute Gasteiger partial charge is 0.431 e. The molecule has 0 aliphatic carbocycles. The van der Waals surface area contributed by atoms with Crippen LogP contribution in [0.3, 0.4) is 0 Å². The van der Waals surface area contributed by atoms with Gasteiger partial charge in [-0.3, -0.25) is 19.1 Å². The molecule has 15 heteroatoms. The number of rotatable bonds is 8. The quantitative estimate of drug-likeness (QED) is 0.192. The van der Waals surface area contributed by atoms with Crippen molar-refractivity contribution in [2.24, 2.45) is 0 Å². The number of pyridine rings is 3. The van der Waals surface area contributed by atoms with E-state index in [1.54, 1.807) is 12.1 Å². The fourth-order valence-corrected chi connectivity index (χ4v) is 4.59. The lowest BCUT2D eigenvalue weighted by atomic mass is 10.1. The topological polar surface area (TPSA) is 114 Å². The number of aryl methyl sites for hydroxylation is 1. The molecule has 3 heterocycles. The summed E-state index contributed by atoms with van der Waals surface area (Å²) in [7, 11) is 4.16. The number of amides is 1. The van der Waals surface area contributed by atoms with Crippen molar-refractivity contribution in [3.8, 4) is 34.6 Å². The van der Waals surface area contributed by atoms with Gasteiger partial charge in [-0.25, -0.2) is 13.8 Å². The zero-order valence-corrected chi connectivity index (χ0v) is 24.5. The van der Waals surface area contributed by atoms with Gasteiger partial charge in [-0.05, 0) is 36.8 Å². The molecule has 1 N–H and O–H groups in total. The van der Waals surface area contributed by atoms with Crippen LogP contribution < -0.4 is 29.8 Å². The predicted octanol–water partition coefficient (Wildman–Crippen LogP) is 6.46. The van der Waals surface area contributed by atoms with Crippen LogP contribution in [0.25, 0.3) is 16.6 Å². The first-order chi connectivity index (χ1) is 21.9. The van der Waals surface area contributed by atoms with Gasteiger partial charge < -0.3 is 24.3 Å². The molecular formula is C31H23F5N4O6. The second-order valence-corrected chi connectivity index (χ2v) is 9.64. The van der Waals surface area contributed by atoms with Crippen molar-refractivity contribution in [2.45, 2.75) is 13.1 Å². The Balaban J connectivity index is 1.48. The maximum absolute atomic E-state index is 15.2. The number of hydrogen-bond acceptors (Lipinski definition) is 8. The van der Waals surface area contributed by atoms with E-state index in [-0.39, 0.29) is 27.4 Å². The molecule has 0 aliphatic rings. The summed E-state index contributed by atoms with van der Waals surface area (Å²) >= 11 is 0. The van der Waals surface area contributed by atoms with Crippen LogP contribution in [0.1, 0.15) is 21.6 Å². The molecule has 46 heavy (non-hydrogen) atoms. The molecule has 10 nitrogen and oxygen atoms in total. The van der Waals surface area contributed by atoms with Crippen molar-refractivity contribution < 1.29 is 45.7 Å². The maximum Gasteiger partial charge on any atom is 0.431 e. The van der Waals surface area contributed by atoms with Gasteiger partial charge in [-0.1, -0.05) is 0 Å². The molecule has 0 saturated carbocycles. The average molecular weight is 643 g/mol. The molecule has 3 aromatic heterocycles. The summed E-state index contributed by atoms with van der Waals surface area (Å²) in [6, 6.07) is 8.27. The molecule has 1 amide bonds. The first kappa shape index (κ1) is 31.7. The van der Waals surface area contributed by atoms with Gasteiger partial charge in [-0.15, -0.1) is 0 Å². The van der Waals surface area contributed by atoms with E-state index in [9.17, 15) is 22.8 Å². The van der Waals surface area contributed by atoms with Crippen LogP contribution in [0.5, 0.6) is 28.9 Å². The number of alkyl halides is 3. The van der Waals surface area contributed by atoms with Gasteiger partial charge in [0.15, 0.2) is 28.9 Å². The zero-order valence-electron chi connectivity index (χ0n) is 24.5. The summed E-state index contributed by atoms with van der Waals surface area (Å²) in [4.78, 5) is 34.5. The molecule has 0 spiro atoms. The fraction of sp³-hybridized carbons (Fsp3) is 0.161. The highest BCUT2D eigenvalue weighted by atomic mass is 19.4. The van der Waals surface area contributed by atoms with E-state index in [2.05, 4.69) is 9.97 Å². The lowest BCUT2D eigenvalue weighted by Crippen LogP contribution is -2.33. The normalized spacial score (nSPS) is 11.3. The number of hydrogen-bond donors (Lipinski definition) is 1. The molecule has 0 bridgehead atoms. The zero-order chi connectivity index (χ0) is 33.3. The Labute approximate surface area is 256 Å². The summed E-state index contributed by atoms with van der Waals surface area (Å²) in [5, 5.41) is 2.43. The molecule has 5 aromatic rings. The van der Waals surface area contributed by atoms with Crippen LogP contribution in [-0.2, 0) is 6.18 Å². The highest BCUT2D eigenvalue weighted by molar-refractivity contribution is 6.04. The van der Waals surface area contributed by atoms with E-state index < -0.39 is 52.0 Å². The van der Waals surface area contributed by atoms with Crippen LogP contribution in [0.4, 0.5) is 27.6 Å². The van der Waals surface area contributed by atoms with Gasteiger partial charge in [0.25, 0.3) is 11.5 Å². The number of methoxy groups -OCH3 is 3. The molecule has 0 radical (unpaired) electrons. The minimum atomic E-state index is -5.00. The number of nitrogens with zero attached hydrogens (tertiary/aromatic N) is 3. The molecule has 0 aliphatic heterocycles. The van der Waals surface area contributed by atoms with Crippen LogP contribution >= 0.6 is 0 Å². The largest absolute Gasteiger partial charge is 0.493 e. The number of carbonyl (C=O) groups is 1. The second-order valence-electron chi connectivity index (χ2n) is 9.64. The third-order valence-electron chi connectivity index (χ3n) is 6.82. The summed E-state index contributed by atoms with van der Waals surface area (Å²) < 4.78 is 93.5. The van der Waals surface area contributed by atoms with Gasteiger partial charge in [0.1, 0.15) is 17.0 Å². The summed E-state index contributed by atoms with van der Waals surface area (Å²) in [5.74, 6) is -3.23. The first-order valence-electron chi connectivity index (χ1n) is 13.2. The van der Waals surface area contributed by atoms with Crippen molar-refractivity contribution in [1.82, 2.24) is 14.5 Å². The van der Waals surface area contributed by atoms with Crippen molar-refractivity contribution in [3.05, 3.63) is 99.7 Å². The number of ether oxygens (including phenoxy) is 4. The number of anilines is 1. The monoisotopic (exact) mass is 642 g/mol. The molecule has 2 aromatic carbocycles. The molecule has 0 unspecified atom stereocenters. The van der Waals surface area contributed by atoms with E-state index in [4.69, 9.17) is 18.9 Å². The third-order valence-corrected chi connectivity index (χ3v) is 6.82. The fourth-order valence-electron chi connectivity index (χ4n) is 4.59. The lowest BCUT2D eigenvalue weighted by Gasteiger charge is -2.18. The Bertz CT molecular complexity index is 2050. The van der Waals surface area contributed by atoms with Crippen molar-refractivity contribution in [1.29, 1.82) is 0 Å². The Morgan fingerprint density at radius 2 is 1.57 bits per heavy atom. The van der Waals surface area contributed by atoms with Crippen molar-refractivity contribution >= 4 is 22.5 Å². The lowest BCUT2D eigenvalue weighted by molar-refractivity contribution is -0.142. The van der Waals surface area contributed by atoms with Crippen LogP contribution in [0, 0.1) is 18.6 Å². The standard InChI is InChI=1S/C31H23F5N4O6/c1-15-9-28(45-4)38-14-22(15)40-27(31(34,35)36)6-5-16(30(40)42)29(41)39-21-11-19(33)24(12-18(21)32)46-23-7-8-37-20-13-26(44-3)25(43-2)10-17(20)23/h5-14H,1-4H3,(H,39,41).